The van der Waals surface area contributed by atoms with E-state index in [1.807, 2.05) is 0 Å². The number of nitrogens with one attached hydrogen (secondary N) is 1. The number of ether oxygens (including phenoxy) is 2. The zero-order valence-corrected chi connectivity index (χ0v) is 14.2. The Morgan fingerprint density at radius 2 is 2.00 bits per heavy atom. The number of methoxy groups -OCH3 is 1. The molecule has 0 saturated carbocycles. The van der Waals surface area contributed by atoms with Crippen LogP contribution in [0.2, 0.25) is 0 Å². The minimum absolute atomic E-state index is 0.0700. The van der Waals surface area contributed by atoms with E-state index in [1.165, 1.54) is 19.2 Å². The molecule has 10 heteroatoms. The van der Waals surface area contributed by atoms with Gasteiger partial charge in [-0.1, -0.05) is 6.07 Å². The van der Waals surface area contributed by atoms with Crippen LogP contribution in [-0.2, 0) is 21.4 Å². The lowest BCUT2D eigenvalue weighted by Gasteiger charge is -2.13. The lowest BCUT2D eigenvalue weighted by Crippen LogP contribution is -2.14. The molecule has 0 amide bonds. The molecule has 0 spiro atoms. The third kappa shape index (κ3) is 3.02. The number of carboxylic acid groups (broad SMARTS) is 1. The highest BCUT2D eigenvalue weighted by molar-refractivity contribution is 7.92. The van der Waals surface area contributed by atoms with Crippen molar-refractivity contribution < 1.29 is 37.7 Å². The van der Waals surface area contributed by atoms with Crippen LogP contribution in [0, 0.1) is 0 Å². The summed E-state index contributed by atoms with van der Waals surface area (Å²) in [5, 5.41) is 19.2. The number of aromatic carboxylic acids is 1. The van der Waals surface area contributed by atoms with Crippen molar-refractivity contribution in [3.63, 3.8) is 0 Å². The fourth-order valence-electron chi connectivity index (χ4n) is 2.43. The second-order valence-electron chi connectivity index (χ2n) is 5.38. The van der Waals surface area contributed by atoms with Gasteiger partial charge >= 0.3 is 11.9 Å². The highest BCUT2D eigenvalue weighted by Crippen LogP contribution is 2.37. The number of fused-ring (bicyclic) bond motifs is 1. The van der Waals surface area contributed by atoms with E-state index in [-0.39, 0.29) is 34.1 Å². The SMILES string of the molecule is COc1cc(C(=O)O)cc(NS(=O)(=O)c2ccc3c(c2)C(=O)OC3)c1O. The number of aromatic hydroxyl groups is 1. The summed E-state index contributed by atoms with van der Waals surface area (Å²) in [7, 11) is -3.02. The molecular formula is C16H13NO8S. The number of esters is 1. The molecule has 1 heterocycles. The van der Waals surface area contributed by atoms with E-state index in [2.05, 4.69) is 4.72 Å². The molecule has 0 atom stereocenters. The Kier molecular flexibility index (Phi) is 4.20. The Morgan fingerprint density at radius 3 is 2.65 bits per heavy atom. The number of rotatable bonds is 5. The van der Waals surface area contributed by atoms with Crippen LogP contribution in [0.15, 0.2) is 35.2 Å². The number of phenols is 1. The van der Waals surface area contributed by atoms with Gasteiger partial charge in [0.15, 0.2) is 11.5 Å². The molecule has 26 heavy (non-hydrogen) atoms. The smallest absolute Gasteiger partial charge is 0.338 e. The van der Waals surface area contributed by atoms with Crippen LogP contribution in [0.4, 0.5) is 5.69 Å². The standard InChI is InChI=1S/C16H13NO8S/c1-24-13-5-9(15(19)20)4-12(14(13)18)17-26(22,23)10-3-2-8-7-25-16(21)11(8)6-10/h2-6,17-18H,7H2,1H3,(H,19,20). The number of phenolic OH excluding ortho intramolecular Hbond substituents is 1. The maximum Gasteiger partial charge on any atom is 0.338 e. The Labute approximate surface area is 147 Å². The van der Waals surface area contributed by atoms with Crippen LogP contribution in [-0.4, -0.2) is 37.7 Å². The van der Waals surface area contributed by atoms with Gasteiger partial charge in [-0.15, -0.1) is 0 Å². The van der Waals surface area contributed by atoms with Gasteiger partial charge in [0.2, 0.25) is 0 Å². The first-order valence-corrected chi connectivity index (χ1v) is 8.68. The summed E-state index contributed by atoms with van der Waals surface area (Å²) in [6.07, 6.45) is 0. The molecule has 3 rings (SSSR count). The molecule has 0 aliphatic carbocycles. The van der Waals surface area contributed by atoms with Crippen LogP contribution in [0.5, 0.6) is 11.5 Å². The van der Waals surface area contributed by atoms with Crippen LogP contribution in [0.25, 0.3) is 0 Å². The normalized spacial score (nSPS) is 13.0. The average Bonchev–Trinajstić information content (AvgIpc) is 2.97. The van der Waals surface area contributed by atoms with Crippen molar-refractivity contribution in [2.45, 2.75) is 11.5 Å². The molecule has 0 aromatic heterocycles. The van der Waals surface area contributed by atoms with Gasteiger partial charge in [0.1, 0.15) is 6.61 Å². The Balaban J connectivity index is 2.03. The molecule has 0 unspecified atom stereocenters. The summed E-state index contributed by atoms with van der Waals surface area (Å²) >= 11 is 0. The maximum absolute atomic E-state index is 12.6. The molecule has 1 aliphatic rings. The van der Waals surface area contributed by atoms with Crippen molar-refractivity contribution in [2.24, 2.45) is 0 Å². The summed E-state index contributed by atoms with van der Waals surface area (Å²) in [4.78, 5) is 22.5. The van der Waals surface area contributed by atoms with Crippen LogP contribution in [0.1, 0.15) is 26.3 Å². The third-order valence-electron chi connectivity index (χ3n) is 3.76. The van der Waals surface area contributed by atoms with Gasteiger partial charge in [-0.3, -0.25) is 4.72 Å². The highest BCUT2D eigenvalue weighted by Gasteiger charge is 2.26. The van der Waals surface area contributed by atoms with Crippen molar-refractivity contribution in [3.05, 3.63) is 47.0 Å². The number of carboxylic acids is 1. The molecule has 0 radical (unpaired) electrons. The van der Waals surface area contributed by atoms with Gasteiger partial charge < -0.3 is 19.7 Å². The summed E-state index contributed by atoms with van der Waals surface area (Å²) in [6.45, 7) is 0.0700. The molecule has 9 nitrogen and oxygen atoms in total. The number of hydrogen-bond acceptors (Lipinski definition) is 7. The second-order valence-corrected chi connectivity index (χ2v) is 7.06. The average molecular weight is 379 g/mol. The molecule has 3 N–H and O–H groups in total. The molecule has 0 bridgehead atoms. The van der Waals surface area contributed by atoms with Gasteiger partial charge in [0, 0.05) is 5.56 Å². The summed E-state index contributed by atoms with van der Waals surface area (Å²) in [5.41, 5.74) is 0.0417. The molecular weight excluding hydrogens is 366 g/mol. The van der Waals surface area contributed by atoms with Crippen molar-refractivity contribution in [2.75, 3.05) is 11.8 Å². The number of carbonyl (C=O) groups excluding carboxylic acids is 1. The molecule has 1 aliphatic heterocycles. The first kappa shape index (κ1) is 17.5. The molecule has 2 aromatic rings. The minimum Gasteiger partial charge on any atom is -0.503 e. The fourth-order valence-corrected chi connectivity index (χ4v) is 3.51. The Bertz CT molecular complexity index is 1030. The third-order valence-corrected chi connectivity index (χ3v) is 5.12. The Morgan fingerprint density at radius 1 is 1.27 bits per heavy atom. The number of hydrogen-bond donors (Lipinski definition) is 3. The molecule has 2 aromatic carbocycles. The van der Waals surface area contributed by atoms with Gasteiger partial charge in [-0.25, -0.2) is 18.0 Å². The van der Waals surface area contributed by atoms with Crippen molar-refractivity contribution in [1.82, 2.24) is 0 Å². The van der Waals surface area contributed by atoms with Crippen molar-refractivity contribution in [3.8, 4) is 11.5 Å². The summed E-state index contributed by atoms with van der Waals surface area (Å²) < 4.78 is 36.9. The number of anilines is 1. The fraction of sp³-hybridized carbons (Fsp3) is 0.125. The van der Waals surface area contributed by atoms with E-state index in [1.54, 1.807) is 0 Å². The van der Waals surface area contributed by atoms with Gasteiger partial charge in [0.05, 0.1) is 28.8 Å². The van der Waals surface area contributed by atoms with E-state index < -0.39 is 27.7 Å². The zero-order chi connectivity index (χ0) is 19.1. The van der Waals surface area contributed by atoms with Crippen molar-refractivity contribution in [1.29, 1.82) is 0 Å². The summed E-state index contributed by atoms with van der Waals surface area (Å²) in [6, 6.07) is 5.89. The lowest BCUT2D eigenvalue weighted by atomic mass is 10.1. The van der Waals surface area contributed by atoms with Gasteiger partial charge in [0.25, 0.3) is 10.0 Å². The van der Waals surface area contributed by atoms with Crippen LogP contribution < -0.4 is 9.46 Å². The van der Waals surface area contributed by atoms with E-state index in [0.717, 1.165) is 18.2 Å². The van der Waals surface area contributed by atoms with E-state index in [4.69, 9.17) is 14.6 Å². The number of benzene rings is 2. The first-order chi connectivity index (χ1) is 12.2. The van der Waals surface area contributed by atoms with E-state index in [0.29, 0.717) is 5.56 Å². The zero-order valence-electron chi connectivity index (χ0n) is 13.3. The number of sulfonamides is 1. The highest BCUT2D eigenvalue weighted by atomic mass is 32.2. The van der Waals surface area contributed by atoms with E-state index in [9.17, 15) is 23.1 Å². The minimum atomic E-state index is -4.21. The Hall–Kier alpha value is -3.27. The predicted octanol–water partition coefficient (Wildman–Crippen LogP) is 1.57. The van der Waals surface area contributed by atoms with Gasteiger partial charge in [-0.05, 0) is 24.3 Å². The molecule has 136 valence electrons. The van der Waals surface area contributed by atoms with Crippen LogP contribution in [0.3, 0.4) is 0 Å². The van der Waals surface area contributed by atoms with Gasteiger partial charge in [-0.2, -0.15) is 0 Å². The summed E-state index contributed by atoms with van der Waals surface area (Å²) in [5.74, 6) is -2.74. The topological polar surface area (TPSA) is 139 Å². The second kappa shape index (κ2) is 6.23. The lowest BCUT2D eigenvalue weighted by molar-refractivity contribution is 0.0534. The number of cyclic esters (lactones) is 1. The van der Waals surface area contributed by atoms with E-state index >= 15 is 0 Å². The monoisotopic (exact) mass is 379 g/mol. The predicted molar refractivity (Wildman–Crippen MR) is 88.0 cm³/mol. The van der Waals surface area contributed by atoms with Crippen LogP contribution >= 0.6 is 0 Å². The number of carbonyl (C=O) groups is 2. The largest absolute Gasteiger partial charge is 0.503 e. The first-order valence-electron chi connectivity index (χ1n) is 7.20. The molecule has 0 saturated heterocycles. The van der Waals surface area contributed by atoms with Crippen molar-refractivity contribution >= 4 is 27.6 Å². The molecule has 0 fully saturated rings. The maximum atomic E-state index is 12.6. The quantitative estimate of drug-likeness (QED) is 0.525.